The van der Waals surface area contributed by atoms with Crippen LogP contribution in [0.25, 0.3) is 0 Å². The average molecular weight is 329 g/mol. The van der Waals surface area contributed by atoms with Crippen molar-refractivity contribution in [2.45, 2.75) is 0 Å². The minimum atomic E-state index is -2.29. The molecule has 0 fully saturated rings. The molecule has 2 nitrogen and oxygen atoms in total. The summed E-state index contributed by atoms with van der Waals surface area (Å²) in [6, 6.07) is 33.0. The molecule has 3 aromatic rings. The molecule has 0 aliphatic rings. The highest BCUT2D eigenvalue weighted by atomic mass is 31.2. The number of nitriles is 1. The predicted octanol–water partition coefficient (Wildman–Crippen LogP) is 3.30. The molecular weight excluding hydrogens is 311 g/mol. The molecule has 2 N–H and O–H groups in total. The van der Waals surface area contributed by atoms with Crippen LogP contribution in [-0.4, -0.2) is 0 Å². The van der Waals surface area contributed by atoms with Crippen LogP contribution < -0.4 is 21.6 Å². The van der Waals surface area contributed by atoms with Gasteiger partial charge in [0.15, 0.2) is 7.26 Å². The van der Waals surface area contributed by atoms with Crippen molar-refractivity contribution in [3.63, 3.8) is 0 Å². The van der Waals surface area contributed by atoms with E-state index >= 15 is 0 Å². The van der Waals surface area contributed by atoms with Crippen LogP contribution in [0.3, 0.4) is 0 Å². The number of nitrogens with zero attached hydrogens (tertiary/aromatic N) is 1. The van der Waals surface area contributed by atoms with Crippen molar-refractivity contribution in [1.29, 1.82) is 5.26 Å². The lowest BCUT2D eigenvalue weighted by Gasteiger charge is -2.26. The maximum atomic E-state index is 9.88. The summed E-state index contributed by atoms with van der Waals surface area (Å²) >= 11 is 0. The number of benzene rings is 3. The average Bonchev–Trinajstić information content (AvgIpc) is 2.68. The molecule has 0 radical (unpaired) electrons. The van der Waals surface area contributed by atoms with Gasteiger partial charge in [0.1, 0.15) is 22.0 Å². The van der Waals surface area contributed by atoms with Gasteiger partial charge in [-0.25, -0.2) is 0 Å². The highest BCUT2D eigenvalue weighted by Crippen LogP contribution is 2.61. The Bertz CT molecular complexity index is 769. The number of hydrogen-bond acceptors (Lipinski definition) is 2. The molecule has 0 aliphatic heterocycles. The molecule has 24 heavy (non-hydrogen) atoms. The van der Waals surface area contributed by atoms with Crippen LogP contribution in [0.4, 0.5) is 0 Å². The highest BCUT2D eigenvalue weighted by Gasteiger charge is 2.49. The van der Waals surface area contributed by atoms with Crippen molar-refractivity contribution in [1.82, 2.24) is 0 Å². The van der Waals surface area contributed by atoms with E-state index in [1.54, 1.807) is 0 Å². The summed E-state index contributed by atoms with van der Waals surface area (Å²) in [6.07, 6.45) is 1.47. The Kier molecular flexibility index (Phi) is 4.75. The smallest absolute Gasteiger partial charge is 0.200 e. The molecule has 3 heteroatoms. The Balaban J connectivity index is 2.45. The van der Waals surface area contributed by atoms with E-state index in [0.717, 1.165) is 15.9 Å². The molecule has 0 saturated carbocycles. The summed E-state index contributed by atoms with van der Waals surface area (Å²) in [5.41, 5.74) is 5.92. The second-order valence-electron chi connectivity index (χ2n) is 5.34. The van der Waals surface area contributed by atoms with Crippen molar-refractivity contribution in [2.24, 2.45) is 5.73 Å². The van der Waals surface area contributed by atoms with E-state index in [9.17, 15) is 5.26 Å². The predicted molar refractivity (Wildman–Crippen MR) is 103 cm³/mol. The molecule has 3 aromatic carbocycles. The number of hydrogen-bond donors (Lipinski definition) is 1. The van der Waals surface area contributed by atoms with E-state index in [1.165, 1.54) is 6.20 Å². The minimum Gasteiger partial charge on any atom is -0.401 e. The van der Waals surface area contributed by atoms with Gasteiger partial charge in [-0.05, 0) is 36.4 Å². The van der Waals surface area contributed by atoms with Crippen molar-refractivity contribution < 1.29 is 0 Å². The first-order valence-corrected chi connectivity index (χ1v) is 9.51. The van der Waals surface area contributed by atoms with E-state index in [0.29, 0.717) is 5.31 Å². The van der Waals surface area contributed by atoms with Crippen molar-refractivity contribution >= 4 is 23.2 Å². The van der Waals surface area contributed by atoms with Crippen LogP contribution in [0, 0.1) is 11.3 Å². The maximum Gasteiger partial charge on any atom is 0.200 e. The first-order chi connectivity index (χ1) is 11.8. The second-order valence-corrected chi connectivity index (χ2v) is 8.71. The van der Waals surface area contributed by atoms with Crippen LogP contribution >= 0.6 is 7.26 Å². The van der Waals surface area contributed by atoms with Gasteiger partial charge >= 0.3 is 0 Å². The molecule has 0 aromatic heterocycles. The van der Waals surface area contributed by atoms with Crippen LogP contribution in [0.1, 0.15) is 0 Å². The van der Waals surface area contributed by atoms with Gasteiger partial charge in [0, 0.05) is 6.20 Å². The monoisotopic (exact) mass is 329 g/mol. The molecule has 0 saturated heterocycles. The second kappa shape index (κ2) is 7.13. The standard InChI is InChI=1S/C21H18N2P/c22-16-21(17-23)24(18-10-4-1-5-11-18,19-12-6-2-7-13-19)20-14-8-3-9-15-20/h1-16H,22H2/q+1. The van der Waals surface area contributed by atoms with E-state index in [4.69, 9.17) is 5.73 Å². The lowest BCUT2D eigenvalue weighted by Crippen LogP contribution is -2.32. The van der Waals surface area contributed by atoms with Crippen LogP contribution in [-0.2, 0) is 0 Å². The topological polar surface area (TPSA) is 49.8 Å². The molecule has 116 valence electrons. The zero-order chi connectivity index (χ0) is 16.8. The molecule has 0 aliphatic carbocycles. The molecule has 0 bridgehead atoms. The van der Waals surface area contributed by atoms with Gasteiger partial charge in [0.05, 0.1) is 0 Å². The quantitative estimate of drug-likeness (QED) is 0.590. The lowest BCUT2D eigenvalue weighted by molar-refractivity contribution is 1.49. The Labute approximate surface area is 143 Å². The lowest BCUT2D eigenvalue weighted by atomic mass is 10.4. The molecule has 0 atom stereocenters. The summed E-state index contributed by atoms with van der Waals surface area (Å²) < 4.78 is 0. The third-order valence-electron chi connectivity index (χ3n) is 4.06. The van der Waals surface area contributed by atoms with Crippen molar-refractivity contribution in [3.8, 4) is 6.07 Å². The van der Waals surface area contributed by atoms with Crippen LogP contribution in [0.15, 0.2) is 103 Å². The minimum absolute atomic E-state index is 0.617. The van der Waals surface area contributed by atoms with E-state index in [-0.39, 0.29) is 0 Å². The van der Waals surface area contributed by atoms with Gasteiger partial charge in [0.2, 0.25) is 5.31 Å². The van der Waals surface area contributed by atoms with E-state index in [2.05, 4.69) is 42.5 Å². The Hall–Kier alpha value is -2.88. The van der Waals surface area contributed by atoms with Gasteiger partial charge < -0.3 is 5.73 Å². The first kappa shape index (κ1) is 16.0. The molecular formula is C21H18N2P+. The summed E-state index contributed by atoms with van der Waals surface area (Å²) in [5, 5.41) is 13.9. The third kappa shape index (κ3) is 2.60. The SMILES string of the molecule is N#CC(=CN)[P+](c1ccccc1)(c1ccccc1)c1ccccc1. The Morgan fingerprint density at radius 2 is 1.04 bits per heavy atom. The van der Waals surface area contributed by atoms with Crippen LogP contribution in [0.2, 0.25) is 0 Å². The number of rotatable bonds is 4. The highest BCUT2D eigenvalue weighted by molar-refractivity contribution is 7.99. The van der Waals surface area contributed by atoms with Gasteiger partial charge in [-0.1, -0.05) is 54.6 Å². The fourth-order valence-corrected chi connectivity index (χ4v) is 7.00. The maximum absolute atomic E-state index is 9.88. The largest absolute Gasteiger partial charge is 0.401 e. The fourth-order valence-electron chi connectivity index (χ4n) is 3.04. The molecule has 3 rings (SSSR count). The Morgan fingerprint density at radius 3 is 1.29 bits per heavy atom. The summed E-state index contributed by atoms with van der Waals surface area (Å²) in [6.45, 7) is 0. The normalized spacial score (nSPS) is 11.7. The van der Waals surface area contributed by atoms with Gasteiger partial charge in [-0.3, -0.25) is 0 Å². The fraction of sp³-hybridized carbons (Fsp3) is 0. The number of nitrogens with two attached hydrogens (primary N) is 1. The molecule has 0 spiro atoms. The summed E-state index contributed by atoms with van der Waals surface area (Å²) in [7, 11) is -2.29. The van der Waals surface area contributed by atoms with Crippen LogP contribution in [0.5, 0.6) is 0 Å². The zero-order valence-electron chi connectivity index (χ0n) is 13.2. The van der Waals surface area contributed by atoms with E-state index < -0.39 is 7.26 Å². The van der Waals surface area contributed by atoms with Crippen molar-refractivity contribution in [2.75, 3.05) is 0 Å². The van der Waals surface area contributed by atoms with Gasteiger partial charge in [-0.15, -0.1) is 0 Å². The molecule has 0 amide bonds. The molecule has 0 unspecified atom stereocenters. The van der Waals surface area contributed by atoms with E-state index in [1.807, 2.05) is 54.6 Å². The third-order valence-corrected chi connectivity index (χ3v) is 8.25. The van der Waals surface area contributed by atoms with Crippen molar-refractivity contribution in [3.05, 3.63) is 103 Å². The van der Waals surface area contributed by atoms with Gasteiger partial charge in [-0.2, -0.15) is 5.26 Å². The number of allylic oxidation sites excluding steroid dienone is 1. The molecule has 0 heterocycles. The zero-order valence-corrected chi connectivity index (χ0v) is 14.1. The van der Waals surface area contributed by atoms with Gasteiger partial charge in [0.25, 0.3) is 0 Å². The first-order valence-electron chi connectivity index (χ1n) is 7.72. The summed E-state index contributed by atoms with van der Waals surface area (Å²) in [5.74, 6) is 0. The Morgan fingerprint density at radius 1 is 0.708 bits per heavy atom. The summed E-state index contributed by atoms with van der Waals surface area (Å²) in [4.78, 5) is 0.